The zero-order chi connectivity index (χ0) is 20.5. The Bertz CT molecular complexity index is 892. The number of carbonyl (C=O) groups is 1. The largest absolute Gasteiger partial charge is 0.492 e. The van der Waals surface area contributed by atoms with E-state index in [0.29, 0.717) is 13.2 Å². The second-order valence-electron chi connectivity index (χ2n) is 7.15. The summed E-state index contributed by atoms with van der Waals surface area (Å²) in [5.74, 6) is 0.823. The maximum atomic E-state index is 12.1. The molecule has 0 saturated carbocycles. The number of carbonyl (C=O) groups excluding carboxylic acids is 1. The van der Waals surface area contributed by atoms with Gasteiger partial charge in [-0.25, -0.2) is 0 Å². The van der Waals surface area contributed by atoms with E-state index in [1.807, 2.05) is 87.0 Å². The van der Waals surface area contributed by atoms with Gasteiger partial charge < -0.3 is 15.0 Å². The van der Waals surface area contributed by atoms with Crippen LogP contribution in [-0.4, -0.2) is 43.0 Å². The van der Waals surface area contributed by atoms with E-state index in [1.54, 1.807) is 0 Å². The first-order valence-electron chi connectivity index (χ1n) is 9.74. The molecule has 5 heteroatoms. The number of nitrogens with one attached hydrogen (secondary N) is 1. The summed E-state index contributed by atoms with van der Waals surface area (Å²) in [4.78, 5) is 18.7. The minimum atomic E-state index is -0.0340. The number of ether oxygens (including phenoxy) is 1. The van der Waals surface area contributed by atoms with Crippen molar-refractivity contribution in [2.45, 2.75) is 13.0 Å². The van der Waals surface area contributed by atoms with Crippen LogP contribution < -0.4 is 10.1 Å². The summed E-state index contributed by atoms with van der Waals surface area (Å²) in [5, 5.41) is 2.93. The van der Waals surface area contributed by atoms with Crippen molar-refractivity contribution in [3.8, 4) is 16.9 Å². The van der Waals surface area contributed by atoms with E-state index in [-0.39, 0.29) is 12.3 Å². The lowest BCUT2D eigenvalue weighted by atomic mass is 10.1. The number of amides is 1. The lowest BCUT2D eigenvalue weighted by molar-refractivity contribution is -0.120. The van der Waals surface area contributed by atoms with Gasteiger partial charge in [0.05, 0.1) is 6.42 Å². The first kappa shape index (κ1) is 20.6. The summed E-state index contributed by atoms with van der Waals surface area (Å²) >= 11 is 0. The average molecular weight is 389 g/mol. The van der Waals surface area contributed by atoms with Crippen LogP contribution in [-0.2, 0) is 17.8 Å². The molecule has 0 radical (unpaired) electrons. The highest BCUT2D eigenvalue weighted by Crippen LogP contribution is 2.22. The maximum Gasteiger partial charge on any atom is 0.226 e. The molecular formula is C24H27N3O2. The van der Waals surface area contributed by atoms with Gasteiger partial charge >= 0.3 is 0 Å². The smallest absolute Gasteiger partial charge is 0.226 e. The van der Waals surface area contributed by atoms with Crippen molar-refractivity contribution in [1.29, 1.82) is 0 Å². The monoisotopic (exact) mass is 389 g/mol. The van der Waals surface area contributed by atoms with Crippen LogP contribution in [0.4, 0.5) is 0 Å². The summed E-state index contributed by atoms with van der Waals surface area (Å²) in [7, 11) is 4.05. The molecular weight excluding hydrogens is 362 g/mol. The van der Waals surface area contributed by atoms with Gasteiger partial charge in [0, 0.05) is 30.5 Å². The summed E-state index contributed by atoms with van der Waals surface area (Å²) < 4.78 is 5.72. The van der Waals surface area contributed by atoms with Crippen molar-refractivity contribution in [2.24, 2.45) is 0 Å². The third kappa shape index (κ3) is 6.73. The zero-order valence-corrected chi connectivity index (χ0v) is 17.0. The molecule has 1 heterocycles. The fourth-order valence-corrected chi connectivity index (χ4v) is 2.81. The lowest BCUT2D eigenvalue weighted by Crippen LogP contribution is -2.24. The molecule has 3 rings (SSSR count). The number of nitrogens with zero attached hydrogens (tertiary/aromatic N) is 2. The van der Waals surface area contributed by atoms with Crippen molar-refractivity contribution in [3.05, 3.63) is 84.2 Å². The Morgan fingerprint density at radius 1 is 0.966 bits per heavy atom. The lowest BCUT2D eigenvalue weighted by Gasteiger charge is -2.11. The normalized spacial score (nSPS) is 10.7. The zero-order valence-electron chi connectivity index (χ0n) is 17.0. The molecule has 1 amide bonds. The highest BCUT2D eigenvalue weighted by atomic mass is 16.5. The molecule has 150 valence electrons. The van der Waals surface area contributed by atoms with Gasteiger partial charge in [-0.1, -0.05) is 48.5 Å². The molecule has 0 atom stereocenters. The quantitative estimate of drug-likeness (QED) is 0.608. The van der Waals surface area contributed by atoms with Crippen LogP contribution in [0.5, 0.6) is 5.75 Å². The van der Waals surface area contributed by atoms with E-state index in [1.165, 1.54) is 0 Å². The number of pyridine rings is 1. The third-order valence-electron chi connectivity index (χ3n) is 4.49. The summed E-state index contributed by atoms with van der Waals surface area (Å²) in [5.41, 5.74) is 3.91. The van der Waals surface area contributed by atoms with Crippen LogP contribution in [0.2, 0.25) is 0 Å². The second kappa shape index (κ2) is 10.4. The number of rotatable bonds is 9. The van der Waals surface area contributed by atoms with Crippen molar-refractivity contribution in [2.75, 3.05) is 27.2 Å². The molecule has 0 fully saturated rings. The molecule has 0 aliphatic rings. The Hall–Kier alpha value is -3.18. The van der Waals surface area contributed by atoms with E-state index in [2.05, 4.69) is 15.2 Å². The predicted molar refractivity (Wildman–Crippen MR) is 116 cm³/mol. The van der Waals surface area contributed by atoms with Crippen LogP contribution in [0.25, 0.3) is 11.1 Å². The Labute approximate surface area is 172 Å². The Kier molecular flexibility index (Phi) is 7.36. The van der Waals surface area contributed by atoms with E-state index in [9.17, 15) is 4.79 Å². The fraction of sp³-hybridized carbons (Fsp3) is 0.250. The van der Waals surface area contributed by atoms with Crippen molar-refractivity contribution in [1.82, 2.24) is 15.2 Å². The van der Waals surface area contributed by atoms with Gasteiger partial charge in [-0.2, -0.15) is 0 Å². The Morgan fingerprint density at radius 3 is 2.34 bits per heavy atom. The summed E-state index contributed by atoms with van der Waals surface area (Å²) in [6.45, 7) is 2.07. The van der Waals surface area contributed by atoms with E-state index < -0.39 is 0 Å². The number of hydrogen-bond acceptors (Lipinski definition) is 4. The third-order valence-corrected chi connectivity index (χ3v) is 4.49. The topological polar surface area (TPSA) is 54.5 Å². The molecule has 0 spiro atoms. The van der Waals surface area contributed by atoms with Crippen LogP contribution in [0.3, 0.4) is 0 Å². The van der Waals surface area contributed by atoms with Gasteiger partial charge in [-0.05, 0) is 43.4 Å². The van der Waals surface area contributed by atoms with Crippen LogP contribution >= 0.6 is 0 Å². The maximum absolute atomic E-state index is 12.1. The van der Waals surface area contributed by atoms with Gasteiger partial charge in [0.2, 0.25) is 5.91 Å². The second-order valence-corrected chi connectivity index (χ2v) is 7.15. The number of benzene rings is 2. The van der Waals surface area contributed by atoms with Gasteiger partial charge in [0.1, 0.15) is 12.4 Å². The Morgan fingerprint density at radius 2 is 1.69 bits per heavy atom. The molecule has 1 aromatic heterocycles. The molecule has 29 heavy (non-hydrogen) atoms. The van der Waals surface area contributed by atoms with E-state index >= 15 is 0 Å². The minimum absolute atomic E-state index is 0.0340. The van der Waals surface area contributed by atoms with E-state index in [4.69, 9.17) is 4.74 Å². The first-order chi connectivity index (χ1) is 14.1. The molecule has 3 aromatic rings. The number of hydrogen-bond donors (Lipinski definition) is 1. The summed E-state index contributed by atoms with van der Waals surface area (Å²) in [6, 6.07) is 21.7. The first-order valence-corrected chi connectivity index (χ1v) is 9.74. The fourth-order valence-electron chi connectivity index (χ4n) is 2.81. The van der Waals surface area contributed by atoms with Gasteiger partial charge in [-0.15, -0.1) is 0 Å². The van der Waals surface area contributed by atoms with Gasteiger partial charge in [-0.3, -0.25) is 9.78 Å². The number of likely N-dealkylation sites (N-methyl/N-ethyl adjacent to an activating group) is 1. The number of aromatic nitrogens is 1. The molecule has 5 nitrogen and oxygen atoms in total. The van der Waals surface area contributed by atoms with Gasteiger partial charge in [0.15, 0.2) is 0 Å². The molecule has 2 aromatic carbocycles. The molecule has 1 N–H and O–H groups in total. The van der Waals surface area contributed by atoms with Crippen LogP contribution in [0.15, 0.2) is 72.9 Å². The average Bonchev–Trinajstić information content (AvgIpc) is 2.74. The molecule has 0 aliphatic carbocycles. The van der Waals surface area contributed by atoms with Crippen molar-refractivity contribution >= 4 is 5.91 Å². The standard InChI is InChI=1S/C24H27N3O2/c1-27(2)14-15-29-23-12-9-20(10-13-23)21-8-11-22(25-18-21)16-24(28)26-17-19-6-4-3-5-7-19/h3-13,18H,14-17H2,1-2H3,(H,26,28). The highest BCUT2D eigenvalue weighted by molar-refractivity contribution is 5.78. The molecule has 0 saturated heterocycles. The van der Waals surface area contributed by atoms with Crippen molar-refractivity contribution < 1.29 is 9.53 Å². The summed E-state index contributed by atoms with van der Waals surface area (Å²) in [6.07, 6.45) is 2.08. The Balaban J connectivity index is 1.51. The molecule has 0 aliphatic heterocycles. The predicted octanol–water partition coefficient (Wildman–Crippen LogP) is 3.55. The van der Waals surface area contributed by atoms with Crippen LogP contribution in [0.1, 0.15) is 11.3 Å². The van der Waals surface area contributed by atoms with Crippen LogP contribution in [0, 0.1) is 0 Å². The minimum Gasteiger partial charge on any atom is -0.492 e. The van der Waals surface area contributed by atoms with E-state index in [0.717, 1.165) is 34.7 Å². The highest BCUT2D eigenvalue weighted by Gasteiger charge is 2.06. The van der Waals surface area contributed by atoms with Crippen molar-refractivity contribution in [3.63, 3.8) is 0 Å². The SMILES string of the molecule is CN(C)CCOc1ccc(-c2ccc(CC(=O)NCc3ccccc3)nc2)cc1. The van der Waals surface area contributed by atoms with Gasteiger partial charge in [0.25, 0.3) is 0 Å². The molecule has 0 bridgehead atoms. The molecule has 0 unspecified atom stereocenters.